The lowest BCUT2D eigenvalue weighted by Gasteiger charge is -2.18. The Kier molecular flexibility index (Phi) is 12.0. The number of likely N-dealkylation sites (N-methyl/N-ethyl adjacent to an activating group) is 1. The number of hydrogen-bond donors (Lipinski definition) is 3. The number of benzene rings is 2. The summed E-state index contributed by atoms with van der Waals surface area (Å²) < 4.78 is 55.5. The minimum atomic E-state index is -3.55. The van der Waals surface area contributed by atoms with E-state index in [4.69, 9.17) is 9.29 Å². The van der Waals surface area contributed by atoms with E-state index in [1.54, 1.807) is 0 Å². The fourth-order valence-corrected chi connectivity index (χ4v) is 4.22. The van der Waals surface area contributed by atoms with Crippen molar-refractivity contribution in [2.24, 2.45) is 0 Å². The first kappa shape index (κ1) is 30.2. The standard InChI is InChI=1S/C24H33N3O8S2/c1-27(12-10-18-4-6-19(7-5-18)11-15-36(30)31)13-14-35-22-9-8-20(26-37(3,32)33)16-21(22)24(29)25-17-23(28)34-2/h4-9,16,26H,10-15,17H2,1-3H3,(H,25,29)(H,30,31). The molecule has 0 fully saturated rings. The smallest absolute Gasteiger partial charge is 0.325 e. The average Bonchev–Trinajstić information content (AvgIpc) is 2.84. The van der Waals surface area contributed by atoms with E-state index < -0.39 is 33.0 Å². The maximum Gasteiger partial charge on any atom is 0.325 e. The average molecular weight is 556 g/mol. The lowest BCUT2D eigenvalue weighted by molar-refractivity contribution is -0.139. The second-order valence-corrected chi connectivity index (χ2v) is 11.1. The van der Waals surface area contributed by atoms with Gasteiger partial charge in [-0.3, -0.25) is 14.3 Å². The second-order valence-electron chi connectivity index (χ2n) is 8.34. The number of sulfonamides is 1. The van der Waals surface area contributed by atoms with Crippen molar-refractivity contribution in [1.29, 1.82) is 0 Å². The molecule has 13 heteroatoms. The van der Waals surface area contributed by atoms with E-state index >= 15 is 0 Å². The summed E-state index contributed by atoms with van der Waals surface area (Å²) >= 11 is -1.80. The Morgan fingerprint density at radius 2 is 1.70 bits per heavy atom. The number of methoxy groups -OCH3 is 1. The first-order valence-corrected chi connectivity index (χ1v) is 14.6. The lowest BCUT2D eigenvalue weighted by Crippen LogP contribution is -2.31. The molecule has 1 unspecified atom stereocenters. The maximum atomic E-state index is 12.6. The number of amides is 1. The van der Waals surface area contributed by atoms with Crippen LogP contribution in [0.3, 0.4) is 0 Å². The molecular weight excluding hydrogens is 522 g/mol. The predicted molar refractivity (Wildman–Crippen MR) is 142 cm³/mol. The summed E-state index contributed by atoms with van der Waals surface area (Å²) in [5.41, 5.74) is 2.41. The molecule has 37 heavy (non-hydrogen) atoms. The third-order valence-corrected chi connectivity index (χ3v) is 6.41. The van der Waals surface area contributed by atoms with Gasteiger partial charge in [0, 0.05) is 18.8 Å². The SMILES string of the molecule is COC(=O)CNC(=O)c1cc(NS(C)(=O)=O)ccc1OCCN(C)CCc1ccc(CCS(=O)O)cc1. The molecule has 1 amide bonds. The predicted octanol–water partition coefficient (Wildman–Crippen LogP) is 1.28. The topological polar surface area (TPSA) is 151 Å². The van der Waals surface area contributed by atoms with Crippen LogP contribution in [0.1, 0.15) is 21.5 Å². The Labute approximate surface area is 219 Å². The molecule has 0 aliphatic carbocycles. The Morgan fingerprint density at radius 1 is 1.05 bits per heavy atom. The molecule has 11 nitrogen and oxygen atoms in total. The fraction of sp³-hybridized carbons (Fsp3) is 0.417. The van der Waals surface area contributed by atoms with Gasteiger partial charge in [-0.1, -0.05) is 24.3 Å². The largest absolute Gasteiger partial charge is 0.491 e. The van der Waals surface area contributed by atoms with E-state index in [1.807, 2.05) is 31.3 Å². The van der Waals surface area contributed by atoms with Crippen molar-refractivity contribution in [3.05, 3.63) is 59.2 Å². The molecule has 3 N–H and O–H groups in total. The minimum Gasteiger partial charge on any atom is -0.491 e. The van der Waals surface area contributed by atoms with E-state index in [2.05, 4.69) is 19.7 Å². The van der Waals surface area contributed by atoms with Gasteiger partial charge in [0.25, 0.3) is 5.91 Å². The highest BCUT2D eigenvalue weighted by Gasteiger charge is 2.16. The van der Waals surface area contributed by atoms with Gasteiger partial charge in [-0.05, 0) is 49.2 Å². The van der Waals surface area contributed by atoms with Crippen LogP contribution in [0.15, 0.2) is 42.5 Å². The number of carbonyl (C=O) groups excluding carboxylic acids is 2. The van der Waals surface area contributed by atoms with Crippen molar-refractivity contribution in [1.82, 2.24) is 10.2 Å². The molecule has 0 aliphatic heterocycles. The molecule has 0 heterocycles. The second kappa shape index (κ2) is 14.7. The van der Waals surface area contributed by atoms with Crippen molar-refractivity contribution in [2.75, 3.05) is 57.1 Å². The van der Waals surface area contributed by atoms with Crippen molar-refractivity contribution >= 4 is 38.7 Å². The third kappa shape index (κ3) is 11.7. The zero-order valence-electron chi connectivity index (χ0n) is 21.1. The van der Waals surface area contributed by atoms with Crippen LogP contribution in [0, 0.1) is 0 Å². The van der Waals surface area contributed by atoms with Gasteiger partial charge in [-0.15, -0.1) is 0 Å². The molecule has 0 saturated heterocycles. The third-order valence-electron chi connectivity index (χ3n) is 5.25. The molecule has 0 aliphatic rings. The zero-order valence-corrected chi connectivity index (χ0v) is 22.7. The highest BCUT2D eigenvalue weighted by molar-refractivity contribution is 7.92. The number of nitrogens with zero attached hydrogens (tertiary/aromatic N) is 1. The summed E-state index contributed by atoms with van der Waals surface area (Å²) in [6.45, 7) is 1.24. The van der Waals surface area contributed by atoms with Crippen LogP contribution >= 0.6 is 0 Å². The molecular formula is C24H33N3O8S2. The van der Waals surface area contributed by atoms with E-state index in [1.165, 1.54) is 25.3 Å². The number of anilines is 1. The molecule has 2 aromatic carbocycles. The molecule has 0 radical (unpaired) electrons. The number of esters is 1. The van der Waals surface area contributed by atoms with Gasteiger partial charge in [0.2, 0.25) is 10.0 Å². The van der Waals surface area contributed by atoms with Crippen LogP contribution in [-0.4, -0.2) is 86.4 Å². The number of carbonyl (C=O) groups is 2. The molecule has 0 aromatic heterocycles. The van der Waals surface area contributed by atoms with Gasteiger partial charge in [0.1, 0.15) is 18.9 Å². The van der Waals surface area contributed by atoms with E-state index in [0.717, 1.165) is 30.3 Å². The van der Waals surface area contributed by atoms with Crippen LogP contribution in [-0.2, 0) is 43.5 Å². The van der Waals surface area contributed by atoms with Crippen LogP contribution in [0.4, 0.5) is 5.69 Å². The van der Waals surface area contributed by atoms with E-state index in [-0.39, 0.29) is 35.9 Å². The molecule has 204 valence electrons. The molecule has 2 rings (SSSR count). The summed E-state index contributed by atoms with van der Waals surface area (Å²) in [6.07, 6.45) is 2.35. The van der Waals surface area contributed by atoms with E-state index in [9.17, 15) is 22.2 Å². The van der Waals surface area contributed by atoms with Crippen molar-refractivity contribution in [3.63, 3.8) is 0 Å². The summed E-state index contributed by atoms with van der Waals surface area (Å²) in [7, 11) is -0.409. The van der Waals surface area contributed by atoms with Gasteiger partial charge in [0.05, 0.1) is 24.7 Å². The van der Waals surface area contributed by atoms with Gasteiger partial charge in [-0.25, -0.2) is 12.6 Å². The monoisotopic (exact) mass is 555 g/mol. The summed E-state index contributed by atoms with van der Waals surface area (Å²) in [5.74, 6) is -0.777. The zero-order chi connectivity index (χ0) is 27.4. The summed E-state index contributed by atoms with van der Waals surface area (Å²) in [4.78, 5) is 26.1. The quantitative estimate of drug-likeness (QED) is 0.218. The molecule has 0 saturated carbocycles. The Balaban J connectivity index is 1.93. The maximum absolute atomic E-state index is 12.6. The Morgan fingerprint density at radius 3 is 2.30 bits per heavy atom. The van der Waals surface area contributed by atoms with Crippen LogP contribution < -0.4 is 14.8 Å². The summed E-state index contributed by atoms with van der Waals surface area (Å²) in [6, 6.07) is 12.2. The van der Waals surface area contributed by atoms with Crippen LogP contribution in [0.2, 0.25) is 0 Å². The fourth-order valence-electron chi connectivity index (χ4n) is 3.25. The number of rotatable bonds is 15. The summed E-state index contributed by atoms with van der Waals surface area (Å²) in [5, 5.41) is 2.43. The molecule has 2 aromatic rings. The Hall–Kier alpha value is -3.00. The van der Waals surface area contributed by atoms with Crippen molar-refractivity contribution in [2.45, 2.75) is 12.8 Å². The molecule has 0 bridgehead atoms. The first-order chi connectivity index (χ1) is 17.5. The van der Waals surface area contributed by atoms with E-state index in [0.29, 0.717) is 13.0 Å². The van der Waals surface area contributed by atoms with Crippen LogP contribution in [0.25, 0.3) is 0 Å². The van der Waals surface area contributed by atoms with Gasteiger partial charge in [0.15, 0.2) is 11.1 Å². The van der Waals surface area contributed by atoms with Crippen molar-refractivity contribution < 1.29 is 36.2 Å². The lowest BCUT2D eigenvalue weighted by atomic mass is 10.1. The molecule has 0 spiro atoms. The minimum absolute atomic E-state index is 0.0744. The van der Waals surface area contributed by atoms with Gasteiger partial charge in [-0.2, -0.15) is 0 Å². The van der Waals surface area contributed by atoms with Crippen LogP contribution in [0.5, 0.6) is 5.75 Å². The van der Waals surface area contributed by atoms with Crippen molar-refractivity contribution in [3.8, 4) is 5.75 Å². The van der Waals surface area contributed by atoms with Gasteiger partial charge >= 0.3 is 5.97 Å². The normalized spacial score (nSPS) is 12.1. The highest BCUT2D eigenvalue weighted by atomic mass is 32.2. The number of ether oxygens (including phenoxy) is 2. The van der Waals surface area contributed by atoms with Gasteiger partial charge < -0.3 is 24.2 Å². The first-order valence-electron chi connectivity index (χ1n) is 11.4. The Bertz CT molecular complexity index is 1190. The number of nitrogens with one attached hydrogen (secondary N) is 2. The number of aryl methyl sites for hydroxylation is 1. The highest BCUT2D eigenvalue weighted by Crippen LogP contribution is 2.24. The number of hydrogen-bond acceptors (Lipinski definition) is 8. The molecule has 1 atom stereocenters.